The molecule has 0 spiro atoms. The first kappa shape index (κ1) is 55.9. The van der Waals surface area contributed by atoms with Crippen LogP contribution < -0.4 is 4.89 Å². The Morgan fingerprint density at radius 1 is 0.661 bits per heavy atom. The molecule has 0 aromatic rings. The summed E-state index contributed by atoms with van der Waals surface area (Å²) in [5.41, 5.74) is -1.43. The maximum Gasteiger partial charge on any atom is 0.306 e. The molecule has 59 heavy (non-hydrogen) atoms. The maximum atomic E-state index is 13.4. The summed E-state index contributed by atoms with van der Waals surface area (Å²) in [5, 5.41) is 14.6. The number of hydroxylamine groups is 2. The van der Waals surface area contributed by atoms with Crippen LogP contribution >= 0.6 is 7.82 Å². The fraction of sp³-hybridized carbons (Fsp3) is 0.957. The van der Waals surface area contributed by atoms with Crippen molar-refractivity contribution in [1.82, 2.24) is 5.06 Å². The van der Waals surface area contributed by atoms with Crippen molar-refractivity contribution in [2.24, 2.45) is 0 Å². The topological polar surface area (TPSA) is 144 Å². The Morgan fingerprint density at radius 2 is 1.08 bits per heavy atom. The molecule has 1 aliphatic heterocycles. The second-order valence-electron chi connectivity index (χ2n) is 18.9. The summed E-state index contributed by atoms with van der Waals surface area (Å²) >= 11 is 0. The zero-order chi connectivity index (χ0) is 43.9. The Balaban J connectivity index is 2.54. The smallest absolute Gasteiger partial charge is 0.306 e. The van der Waals surface area contributed by atoms with Gasteiger partial charge >= 0.3 is 11.9 Å². The Kier molecular flexibility index (Phi) is 30.8. The van der Waals surface area contributed by atoms with E-state index in [0.29, 0.717) is 56.2 Å². The minimum Gasteiger partial charge on any atom is -0.756 e. The molecule has 0 saturated carbocycles. The highest BCUT2D eigenvalue weighted by atomic mass is 31.2. The van der Waals surface area contributed by atoms with E-state index in [2.05, 4.69) is 13.8 Å². The number of quaternary nitrogens is 1. The number of nitrogens with zero attached hydrogens (tertiary/aromatic N) is 2. The minimum absolute atomic E-state index is 0.0596. The van der Waals surface area contributed by atoms with Crippen molar-refractivity contribution >= 4 is 19.8 Å². The molecule has 0 aromatic carbocycles. The molecule has 0 aromatic heterocycles. The van der Waals surface area contributed by atoms with E-state index in [0.717, 1.165) is 32.1 Å². The first-order valence-corrected chi connectivity index (χ1v) is 25.4. The van der Waals surface area contributed by atoms with Gasteiger partial charge in [-0.1, -0.05) is 149 Å². The van der Waals surface area contributed by atoms with Gasteiger partial charge in [0.15, 0.2) is 6.10 Å². The SMILES string of the molecule is CCCCCCCCCCCCCCCC(=O)OC[C@H](COP(=O)([O-])OCC[N+](C)(C)C)OC(=O)CCCCCC1(CCCCCCCCCCC)OCC(C)(C)N1[O]. The van der Waals surface area contributed by atoms with Crippen molar-refractivity contribution in [1.29, 1.82) is 0 Å². The molecule has 3 atom stereocenters. The second kappa shape index (κ2) is 32.5. The van der Waals surface area contributed by atoms with Crippen LogP contribution in [0.5, 0.6) is 0 Å². The standard InChI is InChI=1S/C46H90N2O10P/c1-8-10-12-14-16-18-19-20-21-22-24-26-29-33-43(49)54-39-42(40-57-59(52,53)56-38-37-48(5,6)7)58-44(50)34-30-28-32-36-46(47(51)45(3,4)41-55-46)35-31-27-25-23-17-15-13-11-9-2/h42H,8-41H2,1-7H3/t42-,46?/m1/s1. The lowest BCUT2D eigenvalue weighted by molar-refractivity contribution is -0.870. The number of phosphoric acid groups is 1. The van der Waals surface area contributed by atoms with E-state index in [1.165, 1.54) is 108 Å². The predicted octanol–water partition coefficient (Wildman–Crippen LogP) is 11.2. The van der Waals surface area contributed by atoms with Gasteiger partial charge < -0.3 is 32.6 Å². The van der Waals surface area contributed by atoms with Crippen LogP contribution in [-0.2, 0) is 42.6 Å². The van der Waals surface area contributed by atoms with Crippen molar-refractivity contribution in [2.75, 3.05) is 54.1 Å². The molecule has 2 unspecified atom stereocenters. The molecule has 1 aliphatic rings. The first-order chi connectivity index (χ1) is 28.1. The molecular formula is C46H90N2O10P. The Labute approximate surface area is 361 Å². The van der Waals surface area contributed by atoms with Gasteiger partial charge in [0.2, 0.25) is 0 Å². The molecule has 0 aliphatic carbocycles. The quantitative estimate of drug-likeness (QED) is 0.0253. The molecular weight excluding hydrogens is 771 g/mol. The largest absolute Gasteiger partial charge is 0.756 e. The van der Waals surface area contributed by atoms with Crippen LogP contribution in [-0.4, -0.2) is 93.0 Å². The molecule has 1 fully saturated rings. The highest BCUT2D eigenvalue weighted by Gasteiger charge is 2.51. The van der Waals surface area contributed by atoms with Gasteiger partial charge in [-0.2, -0.15) is 0 Å². The van der Waals surface area contributed by atoms with Crippen molar-refractivity contribution in [2.45, 2.75) is 231 Å². The van der Waals surface area contributed by atoms with Gasteiger partial charge in [-0.3, -0.25) is 14.2 Å². The van der Waals surface area contributed by atoms with Crippen LogP contribution in [0.15, 0.2) is 0 Å². The lowest BCUT2D eigenvalue weighted by Crippen LogP contribution is -2.49. The first-order valence-electron chi connectivity index (χ1n) is 23.9. The van der Waals surface area contributed by atoms with Crippen LogP contribution in [0.25, 0.3) is 0 Å². The Hall–Kier alpha value is -1.11. The maximum absolute atomic E-state index is 13.4. The normalized spacial score (nSPS) is 18.5. The molecule has 1 radical (unpaired) electrons. The zero-order valence-electron chi connectivity index (χ0n) is 39.0. The van der Waals surface area contributed by atoms with Crippen LogP contribution in [0, 0.1) is 0 Å². The summed E-state index contributed by atoms with van der Waals surface area (Å²) in [4.78, 5) is 38.0. The number of hydrogen-bond donors (Lipinski definition) is 0. The second-order valence-corrected chi connectivity index (χ2v) is 20.3. The molecule has 12 nitrogen and oxygen atoms in total. The summed E-state index contributed by atoms with van der Waals surface area (Å²) in [6, 6.07) is 0. The third-order valence-corrected chi connectivity index (χ3v) is 12.3. The van der Waals surface area contributed by atoms with E-state index in [4.69, 9.17) is 23.3 Å². The highest BCUT2D eigenvalue weighted by Crippen LogP contribution is 2.41. The molecule has 0 amide bonds. The lowest BCUT2D eigenvalue weighted by Gasteiger charge is -2.35. The van der Waals surface area contributed by atoms with E-state index in [1.54, 1.807) is 0 Å². The van der Waals surface area contributed by atoms with Gasteiger partial charge in [-0.25, -0.2) is 0 Å². The summed E-state index contributed by atoms with van der Waals surface area (Å²) in [5.74, 6) is -0.953. The third-order valence-electron chi connectivity index (χ3n) is 11.4. The number of unbranched alkanes of at least 4 members (excludes halogenated alkanes) is 22. The van der Waals surface area contributed by atoms with Crippen molar-refractivity contribution in [3.8, 4) is 0 Å². The number of phosphoric ester groups is 1. The van der Waals surface area contributed by atoms with Gasteiger partial charge in [0.1, 0.15) is 25.5 Å². The van der Waals surface area contributed by atoms with Crippen molar-refractivity contribution in [3.63, 3.8) is 0 Å². The Morgan fingerprint density at radius 3 is 1.53 bits per heavy atom. The monoisotopic (exact) mass is 862 g/mol. The van der Waals surface area contributed by atoms with Crippen molar-refractivity contribution in [3.05, 3.63) is 0 Å². The molecule has 0 N–H and O–H groups in total. The predicted molar refractivity (Wildman–Crippen MR) is 234 cm³/mol. The molecule has 0 bridgehead atoms. The number of ether oxygens (including phenoxy) is 3. The molecule has 13 heteroatoms. The van der Waals surface area contributed by atoms with E-state index in [9.17, 15) is 24.3 Å². The summed E-state index contributed by atoms with van der Waals surface area (Å²) in [6.07, 6.45) is 29.0. The third kappa shape index (κ3) is 29.0. The van der Waals surface area contributed by atoms with Gasteiger partial charge in [-0.05, 0) is 52.4 Å². The van der Waals surface area contributed by atoms with Crippen LogP contribution in [0.4, 0.5) is 0 Å². The van der Waals surface area contributed by atoms with E-state index >= 15 is 0 Å². The van der Waals surface area contributed by atoms with Crippen molar-refractivity contribution < 1.29 is 52.0 Å². The number of likely N-dealkylation sites (N-methyl/N-ethyl adjacent to an activating group) is 1. The lowest BCUT2D eigenvalue weighted by atomic mass is 9.95. The summed E-state index contributed by atoms with van der Waals surface area (Å²) < 4.78 is 40.4. The highest BCUT2D eigenvalue weighted by molar-refractivity contribution is 7.45. The molecule has 1 saturated heterocycles. The van der Waals surface area contributed by atoms with Crippen LogP contribution in [0.1, 0.15) is 214 Å². The number of carbonyl (C=O) groups excluding carboxylic acids is 2. The van der Waals surface area contributed by atoms with Gasteiger partial charge in [-0.15, -0.1) is 10.3 Å². The summed E-state index contributed by atoms with van der Waals surface area (Å²) in [6.45, 7) is 8.28. The van der Waals surface area contributed by atoms with E-state index in [1.807, 2.05) is 35.0 Å². The molecule has 1 heterocycles. The number of rotatable bonds is 40. The fourth-order valence-corrected chi connectivity index (χ4v) is 8.28. The minimum atomic E-state index is -4.68. The van der Waals surface area contributed by atoms with Crippen LogP contribution in [0.2, 0.25) is 0 Å². The average Bonchev–Trinajstić information content (AvgIpc) is 3.40. The van der Waals surface area contributed by atoms with Gasteiger partial charge in [0.25, 0.3) is 7.82 Å². The molecule has 1 rings (SSSR count). The summed E-state index contributed by atoms with van der Waals surface area (Å²) in [7, 11) is 1.07. The van der Waals surface area contributed by atoms with Gasteiger partial charge in [0.05, 0.1) is 39.9 Å². The number of esters is 2. The average molecular weight is 862 g/mol. The van der Waals surface area contributed by atoms with Gasteiger partial charge in [0, 0.05) is 12.8 Å². The van der Waals surface area contributed by atoms with E-state index in [-0.39, 0.29) is 26.1 Å². The number of carbonyl (C=O) groups is 2. The van der Waals surface area contributed by atoms with E-state index < -0.39 is 43.7 Å². The molecule has 349 valence electrons. The fourth-order valence-electron chi connectivity index (χ4n) is 7.56. The zero-order valence-corrected chi connectivity index (χ0v) is 39.9. The van der Waals surface area contributed by atoms with Crippen LogP contribution in [0.3, 0.4) is 0 Å². The Bertz CT molecular complexity index is 1120. The number of hydrogen-bond acceptors (Lipinski definition) is 10.